The Labute approximate surface area is 182 Å². The van der Waals surface area contributed by atoms with Crippen LogP contribution in [0.5, 0.6) is 0 Å². The maximum atomic E-state index is 14.0. The van der Waals surface area contributed by atoms with Gasteiger partial charge in [-0.3, -0.25) is 0 Å². The van der Waals surface area contributed by atoms with E-state index in [9.17, 15) is 22.0 Å². The molecule has 0 radical (unpaired) electrons. The first kappa shape index (κ1) is 21.6. The number of nitrogens with zero attached hydrogens (tertiary/aromatic N) is 2. The predicted octanol–water partition coefficient (Wildman–Crippen LogP) is 5.33. The Morgan fingerprint density at radius 3 is 2.42 bits per heavy atom. The lowest BCUT2D eigenvalue weighted by Crippen LogP contribution is -2.36. The topological polar surface area (TPSA) is 79.6 Å². The second-order valence-corrected chi connectivity index (χ2v) is 9.68. The van der Waals surface area contributed by atoms with Gasteiger partial charge in [0.25, 0.3) is 16.4 Å². The van der Waals surface area contributed by atoms with Crippen LogP contribution in [0.3, 0.4) is 0 Å². The SMILES string of the molecule is O=C(O)N1CCC(c2cccc3c2c(C(F)F)cn3S(=O)(=O)c2cccc(Cl)c2)CC1. The second-order valence-electron chi connectivity index (χ2n) is 7.43. The van der Waals surface area contributed by atoms with Gasteiger partial charge in [0, 0.05) is 35.3 Å². The Balaban J connectivity index is 1.85. The minimum Gasteiger partial charge on any atom is -0.465 e. The third kappa shape index (κ3) is 3.87. The summed E-state index contributed by atoms with van der Waals surface area (Å²) in [5.74, 6) is -0.151. The zero-order valence-electron chi connectivity index (χ0n) is 16.2. The highest BCUT2D eigenvalue weighted by Crippen LogP contribution is 2.40. The van der Waals surface area contributed by atoms with Gasteiger partial charge in [-0.1, -0.05) is 29.8 Å². The molecule has 0 spiro atoms. The number of hydrogen-bond acceptors (Lipinski definition) is 3. The fourth-order valence-electron chi connectivity index (χ4n) is 4.14. The van der Waals surface area contributed by atoms with Gasteiger partial charge in [0.05, 0.1) is 10.4 Å². The molecule has 10 heteroatoms. The van der Waals surface area contributed by atoms with Crippen molar-refractivity contribution in [2.24, 2.45) is 0 Å². The van der Waals surface area contributed by atoms with Crippen LogP contribution < -0.4 is 0 Å². The van der Waals surface area contributed by atoms with E-state index in [2.05, 4.69) is 0 Å². The molecule has 4 rings (SSSR count). The fraction of sp³-hybridized carbons (Fsp3) is 0.286. The number of piperidine rings is 1. The highest BCUT2D eigenvalue weighted by Gasteiger charge is 2.30. The first-order valence-corrected chi connectivity index (χ1v) is 11.4. The Morgan fingerprint density at radius 1 is 1.13 bits per heavy atom. The summed E-state index contributed by atoms with van der Waals surface area (Å²) in [6, 6.07) is 10.5. The summed E-state index contributed by atoms with van der Waals surface area (Å²) in [5.41, 5.74) is 0.406. The summed E-state index contributed by atoms with van der Waals surface area (Å²) in [6.07, 6.45) is -1.97. The van der Waals surface area contributed by atoms with Crippen molar-refractivity contribution in [3.8, 4) is 0 Å². The Bertz CT molecular complexity index is 1250. The van der Waals surface area contributed by atoms with Gasteiger partial charge >= 0.3 is 6.09 Å². The van der Waals surface area contributed by atoms with E-state index in [1.807, 2.05) is 0 Å². The van der Waals surface area contributed by atoms with Crippen LogP contribution in [-0.4, -0.2) is 41.6 Å². The molecule has 1 aliphatic rings. The van der Waals surface area contributed by atoms with Crippen LogP contribution in [0, 0.1) is 0 Å². The predicted molar refractivity (Wildman–Crippen MR) is 113 cm³/mol. The van der Waals surface area contributed by atoms with E-state index in [1.165, 1.54) is 35.2 Å². The van der Waals surface area contributed by atoms with Crippen molar-refractivity contribution in [3.05, 3.63) is 64.8 Å². The zero-order valence-corrected chi connectivity index (χ0v) is 17.8. The van der Waals surface area contributed by atoms with E-state index in [-0.39, 0.29) is 32.3 Å². The first-order valence-electron chi connectivity index (χ1n) is 9.61. The van der Waals surface area contributed by atoms with Gasteiger partial charge in [0.15, 0.2) is 0 Å². The van der Waals surface area contributed by atoms with E-state index < -0.39 is 22.5 Å². The number of hydrogen-bond donors (Lipinski definition) is 1. The normalized spacial score (nSPS) is 15.7. The van der Waals surface area contributed by atoms with Crippen molar-refractivity contribution in [3.63, 3.8) is 0 Å². The maximum absolute atomic E-state index is 14.0. The first-order chi connectivity index (χ1) is 14.7. The van der Waals surface area contributed by atoms with Crippen LogP contribution >= 0.6 is 11.6 Å². The molecule has 1 amide bonds. The molecule has 31 heavy (non-hydrogen) atoms. The lowest BCUT2D eigenvalue weighted by atomic mass is 9.86. The molecule has 0 atom stereocenters. The fourth-order valence-corrected chi connectivity index (χ4v) is 5.82. The summed E-state index contributed by atoms with van der Waals surface area (Å²) in [5, 5.41) is 9.58. The number of fused-ring (bicyclic) bond motifs is 1. The summed E-state index contributed by atoms with van der Waals surface area (Å²) in [7, 11) is -4.16. The van der Waals surface area contributed by atoms with Gasteiger partial charge < -0.3 is 10.0 Å². The van der Waals surface area contributed by atoms with Crippen LogP contribution in [0.4, 0.5) is 13.6 Å². The van der Waals surface area contributed by atoms with Crippen LogP contribution in [0.15, 0.2) is 53.6 Å². The molecule has 1 N–H and O–H groups in total. The Kier molecular flexibility index (Phi) is 5.65. The number of rotatable bonds is 4. The molecule has 2 aromatic carbocycles. The summed E-state index contributed by atoms with van der Waals surface area (Å²) in [4.78, 5) is 12.4. The molecule has 0 unspecified atom stereocenters. The van der Waals surface area contributed by atoms with Crippen molar-refractivity contribution in [2.45, 2.75) is 30.1 Å². The zero-order chi connectivity index (χ0) is 22.3. The molecule has 1 fully saturated rings. The van der Waals surface area contributed by atoms with Crippen molar-refractivity contribution in [2.75, 3.05) is 13.1 Å². The van der Waals surface area contributed by atoms with Crippen LogP contribution in [0.2, 0.25) is 5.02 Å². The van der Waals surface area contributed by atoms with Crippen molar-refractivity contribution in [1.29, 1.82) is 0 Å². The van der Waals surface area contributed by atoms with Crippen molar-refractivity contribution < 1.29 is 27.1 Å². The van der Waals surface area contributed by atoms with Gasteiger partial charge in [-0.2, -0.15) is 0 Å². The molecule has 0 saturated carbocycles. The molecule has 164 valence electrons. The van der Waals surface area contributed by atoms with Gasteiger partial charge in [-0.25, -0.2) is 26.0 Å². The third-order valence-corrected chi connectivity index (χ3v) is 7.56. The molecular formula is C21H19ClF2N2O4S. The molecular weight excluding hydrogens is 450 g/mol. The van der Waals surface area contributed by atoms with Crippen LogP contribution in [0.25, 0.3) is 10.9 Å². The van der Waals surface area contributed by atoms with E-state index >= 15 is 0 Å². The largest absolute Gasteiger partial charge is 0.465 e. The molecule has 3 aromatic rings. The Morgan fingerprint density at radius 2 is 1.81 bits per heavy atom. The number of amides is 1. The van der Waals surface area contributed by atoms with Crippen molar-refractivity contribution >= 4 is 38.6 Å². The van der Waals surface area contributed by atoms with Gasteiger partial charge in [0.2, 0.25) is 0 Å². The summed E-state index contributed by atoms with van der Waals surface area (Å²) >= 11 is 5.93. The molecule has 1 aromatic heterocycles. The minimum atomic E-state index is -4.16. The number of likely N-dealkylation sites (tertiary alicyclic amines) is 1. The second kappa shape index (κ2) is 8.12. The number of halogens is 3. The molecule has 0 aliphatic carbocycles. The number of carboxylic acid groups (broad SMARTS) is 1. The molecule has 1 saturated heterocycles. The average molecular weight is 469 g/mol. The monoisotopic (exact) mass is 468 g/mol. The van der Waals surface area contributed by atoms with E-state index in [4.69, 9.17) is 16.7 Å². The van der Waals surface area contributed by atoms with Gasteiger partial charge in [-0.15, -0.1) is 0 Å². The highest BCUT2D eigenvalue weighted by molar-refractivity contribution is 7.90. The summed E-state index contributed by atoms with van der Waals surface area (Å²) in [6.45, 7) is 0.587. The number of aromatic nitrogens is 1. The number of alkyl halides is 2. The molecule has 1 aliphatic heterocycles. The molecule has 0 bridgehead atoms. The van der Waals surface area contributed by atoms with Gasteiger partial charge in [-0.05, 0) is 48.6 Å². The third-order valence-electron chi connectivity index (χ3n) is 5.65. The number of carbonyl (C=O) groups is 1. The lowest BCUT2D eigenvalue weighted by molar-refractivity contribution is 0.132. The maximum Gasteiger partial charge on any atom is 0.407 e. The molecule has 2 heterocycles. The van der Waals surface area contributed by atoms with Crippen LogP contribution in [-0.2, 0) is 10.0 Å². The highest BCUT2D eigenvalue weighted by atomic mass is 35.5. The van der Waals surface area contributed by atoms with Gasteiger partial charge in [0.1, 0.15) is 0 Å². The average Bonchev–Trinajstić information content (AvgIpc) is 3.15. The quantitative estimate of drug-likeness (QED) is 0.561. The lowest BCUT2D eigenvalue weighted by Gasteiger charge is -2.30. The van der Waals surface area contributed by atoms with E-state index in [0.29, 0.717) is 31.5 Å². The van der Waals surface area contributed by atoms with E-state index in [0.717, 1.165) is 10.2 Å². The Hall–Kier alpha value is -2.65. The molecule has 6 nitrogen and oxygen atoms in total. The smallest absolute Gasteiger partial charge is 0.407 e. The number of benzene rings is 2. The van der Waals surface area contributed by atoms with Crippen molar-refractivity contribution in [1.82, 2.24) is 8.87 Å². The minimum absolute atomic E-state index is 0.0992. The summed E-state index contributed by atoms with van der Waals surface area (Å²) < 4.78 is 55.3. The standard InChI is InChI=1S/C21H19ClF2N2O4S/c22-14-3-1-4-15(11-14)31(29,30)26-12-17(20(23)24)19-16(5-2-6-18(19)26)13-7-9-25(10-8-13)21(27)28/h1-6,11-13,20H,7-10H2,(H,27,28). The van der Waals surface area contributed by atoms with E-state index in [1.54, 1.807) is 12.1 Å². The van der Waals surface area contributed by atoms with Crippen LogP contribution in [0.1, 0.15) is 36.3 Å².